The summed E-state index contributed by atoms with van der Waals surface area (Å²) in [5.41, 5.74) is 0.570. The maximum absolute atomic E-state index is 12.4. The number of carboxylic acid groups (broad SMARTS) is 1. The molecule has 6 heteroatoms. The van der Waals surface area contributed by atoms with Gasteiger partial charge in [-0.1, -0.05) is 6.07 Å². The zero-order chi connectivity index (χ0) is 15.2. The number of quaternary nitrogens is 1. The lowest BCUT2D eigenvalue weighted by Gasteiger charge is -2.30. The topological polar surface area (TPSA) is 74.1 Å². The summed E-state index contributed by atoms with van der Waals surface area (Å²) in [6.45, 7) is 3.44. The number of carbonyl (C=O) groups excluding carboxylic acids is 2. The van der Waals surface area contributed by atoms with Gasteiger partial charge in [-0.15, -0.1) is 0 Å². The van der Waals surface area contributed by atoms with Gasteiger partial charge >= 0.3 is 0 Å². The summed E-state index contributed by atoms with van der Waals surface area (Å²) < 4.78 is 5.32. The third-order valence-electron chi connectivity index (χ3n) is 3.56. The molecule has 114 valence electrons. The molecule has 0 aliphatic carbocycles. The molecule has 1 N–H and O–H groups in total. The highest BCUT2D eigenvalue weighted by Gasteiger charge is 2.22. The van der Waals surface area contributed by atoms with E-state index < -0.39 is 5.97 Å². The smallest absolute Gasteiger partial charge is 0.254 e. The molecule has 0 saturated carbocycles. The molecule has 0 unspecified atom stereocenters. The van der Waals surface area contributed by atoms with E-state index in [1.54, 1.807) is 24.3 Å². The van der Waals surface area contributed by atoms with Gasteiger partial charge in [0.1, 0.15) is 5.75 Å². The van der Waals surface area contributed by atoms with Gasteiger partial charge in [0.2, 0.25) is 0 Å². The van der Waals surface area contributed by atoms with Crippen molar-refractivity contribution < 1.29 is 24.3 Å². The van der Waals surface area contributed by atoms with Crippen LogP contribution in [-0.4, -0.2) is 56.6 Å². The number of amides is 1. The summed E-state index contributed by atoms with van der Waals surface area (Å²) in [5, 5.41) is 10.3. The SMILES string of the molecule is C[NH+]1CCN(C(=O)c2cccc(OCCC(=O)[O-])c2)CC1. The van der Waals surface area contributed by atoms with Crippen LogP contribution in [-0.2, 0) is 4.79 Å². The number of carbonyl (C=O) groups is 2. The summed E-state index contributed by atoms with van der Waals surface area (Å²) in [7, 11) is 2.12. The van der Waals surface area contributed by atoms with Gasteiger partial charge in [-0.3, -0.25) is 4.79 Å². The van der Waals surface area contributed by atoms with E-state index in [0.29, 0.717) is 11.3 Å². The van der Waals surface area contributed by atoms with Crippen LogP contribution in [0, 0.1) is 0 Å². The highest BCUT2D eigenvalue weighted by molar-refractivity contribution is 5.94. The fourth-order valence-electron chi connectivity index (χ4n) is 2.25. The van der Waals surface area contributed by atoms with E-state index in [2.05, 4.69) is 7.05 Å². The highest BCUT2D eigenvalue weighted by atomic mass is 16.5. The Morgan fingerprint density at radius 1 is 1.33 bits per heavy atom. The van der Waals surface area contributed by atoms with Gasteiger partial charge in [0.05, 0.1) is 39.8 Å². The zero-order valence-corrected chi connectivity index (χ0v) is 12.1. The first kappa shape index (κ1) is 15.3. The number of nitrogens with zero attached hydrogens (tertiary/aromatic N) is 1. The Balaban J connectivity index is 1.96. The van der Waals surface area contributed by atoms with Gasteiger partial charge in [0.25, 0.3) is 5.91 Å². The van der Waals surface area contributed by atoms with Crippen LogP contribution in [0.25, 0.3) is 0 Å². The standard InChI is InChI=1S/C15H20N2O4/c1-16-6-8-17(9-7-16)15(20)12-3-2-4-13(11-12)21-10-5-14(18)19/h2-4,11H,5-10H2,1H3,(H,18,19). The van der Waals surface area contributed by atoms with Gasteiger partial charge in [-0.25, -0.2) is 0 Å². The lowest BCUT2D eigenvalue weighted by Crippen LogP contribution is -3.12. The van der Waals surface area contributed by atoms with Crippen LogP contribution in [0.1, 0.15) is 16.8 Å². The molecule has 1 aromatic rings. The number of benzene rings is 1. The zero-order valence-electron chi connectivity index (χ0n) is 12.1. The molecular weight excluding hydrogens is 272 g/mol. The van der Waals surface area contributed by atoms with Crippen molar-refractivity contribution in [1.29, 1.82) is 0 Å². The molecule has 0 aromatic heterocycles. The van der Waals surface area contributed by atoms with E-state index in [4.69, 9.17) is 4.74 Å². The first-order chi connectivity index (χ1) is 10.1. The number of rotatable bonds is 5. The molecule has 0 bridgehead atoms. The molecular formula is C15H20N2O4. The maximum atomic E-state index is 12.4. The minimum Gasteiger partial charge on any atom is -0.550 e. The molecule has 0 atom stereocenters. The van der Waals surface area contributed by atoms with Crippen LogP contribution in [0.5, 0.6) is 5.75 Å². The number of likely N-dealkylation sites (N-methyl/N-ethyl adjacent to an activating group) is 1. The van der Waals surface area contributed by atoms with E-state index in [1.165, 1.54) is 4.90 Å². The predicted molar refractivity (Wildman–Crippen MR) is 74.1 cm³/mol. The fourth-order valence-corrected chi connectivity index (χ4v) is 2.25. The van der Waals surface area contributed by atoms with Crippen LogP contribution >= 0.6 is 0 Å². The lowest BCUT2D eigenvalue weighted by atomic mass is 10.1. The molecule has 0 radical (unpaired) electrons. The minimum absolute atomic E-state index is 0.00662. The van der Waals surface area contributed by atoms with Crippen molar-refractivity contribution in [3.05, 3.63) is 29.8 Å². The lowest BCUT2D eigenvalue weighted by molar-refractivity contribution is -0.883. The number of nitrogens with one attached hydrogen (secondary N) is 1. The van der Waals surface area contributed by atoms with Gasteiger partial charge < -0.3 is 24.4 Å². The van der Waals surface area contributed by atoms with E-state index in [1.807, 2.05) is 4.90 Å². The molecule has 0 spiro atoms. The third-order valence-corrected chi connectivity index (χ3v) is 3.56. The van der Waals surface area contributed by atoms with Crippen molar-refractivity contribution >= 4 is 11.9 Å². The first-order valence-electron chi connectivity index (χ1n) is 7.09. The fraction of sp³-hybridized carbons (Fsp3) is 0.467. The van der Waals surface area contributed by atoms with Crippen molar-refractivity contribution in [3.63, 3.8) is 0 Å². The van der Waals surface area contributed by atoms with Crippen LogP contribution in [0.3, 0.4) is 0 Å². The van der Waals surface area contributed by atoms with Crippen molar-refractivity contribution in [3.8, 4) is 5.75 Å². The van der Waals surface area contributed by atoms with E-state index >= 15 is 0 Å². The molecule has 1 saturated heterocycles. The second-order valence-electron chi connectivity index (χ2n) is 5.25. The Kier molecular flexibility index (Phi) is 5.16. The summed E-state index contributed by atoms with van der Waals surface area (Å²) in [4.78, 5) is 26.0. The van der Waals surface area contributed by atoms with Gasteiger partial charge in [0, 0.05) is 18.0 Å². The van der Waals surface area contributed by atoms with Crippen LogP contribution in [0.15, 0.2) is 24.3 Å². The molecule has 1 aromatic carbocycles. The Morgan fingerprint density at radius 2 is 2.05 bits per heavy atom. The number of carboxylic acids is 1. The molecule has 1 amide bonds. The van der Waals surface area contributed by atoms with Crippen molar-refractivity contribution in [1.82, 2.24) is 4.90 Å². The maximum Gasteiger partial charge on any atom is 0.254 e. The Bertz CT molecular complexity index is 510. The second-order valence-corrected chi connectivity index (χ2v) is 5.25. The molecule has 1 aliphatic heterocycles. The molecule has 1 aliphatic rings. The normalized spacial score (nSPS) is 15.8. The first-order valence-corrected chi connectivity index (χ1v) is 7.09. The number of hydrogen-bond acceptors (Lipinski definition) is 4. The average molecular weight is 292 g/mol. The van der Waals surface area contributed by atoms with E-state index in [-0.39, 0.29) is 18.9 Å². The minimum atomic E-state index is -1.15. The van der Waals surface area contributed by atoms with Crippen molar-refractivity contribution in [2.45, 2.75) is 6.42 Å². The Morgan fingerprint density at radius 3 is 2.71 bits per heavy atom. The number of piperazine rings is 1. The molecule has 21 heavy (non-hydrogen) atoms. The third kappa shape index (κ3) is 4.46. The number of hydrogen-bond donors (Lipinski definition) is 1. The van der Waals surface area contributed by atoms with E-state index in [9.17, 15) is 14.7 Å². The van der Waals surface area contributed by atoms with Gasteiger partial charge in [-0.05, 0) is 18.2 Å². The Labute approximate surface area is 123 Å². The molecule has 1 fully saturated rings. The molecule has 1 heterocycles. The van der Waals surface area contributed by atoms with Crippen molar-refractivity contribution in [2.24, 2.45) is 0 Å². The van der Waals surface area contributed by atoms with Gasteiger partial charge in [-0.2, -0.15) is 0 Å². The predicted octanol–water partition coefficient (Wildman–Crippen LogP) is -1.82. The average Bonchev–Trinajstić information content (AvgIpc) is 2.47. The summed E-state index contributed by atoms with van der Waals surface area (Å²) in [6, 6.07) is 6.85. The molecule has 6 nitrogen and oxygen atoms in total. The quantitative estimate of drug-likeness (QED) is 0.693. The summed E-state index contributed by atoms with van der Waals surface area (Å²) >= 11 is 0. The number of ether oxygens (including phenoxy) is 1. The van der Waals surface area contributed by atoms with Crippen molar-refractivity contribution in [2.75, 3.05) is 39.8 Å². The Hall–Kier alpha value is -2.08. The van der Waals surface area contributed by atoms with Crippen LogP contribution < -0.4 is 14.7 Å². The van der Waals surface area contributed by atoms with Gasteiger partial charge in [0.15, 0.2) is 0 Å². The number of aliphatic carboxylic acids is 1. The van der Waals surface area contributed by atoms with E-state index in [0.717, 1.165) is 26.2 Å². The molecule has 2 rings (SSSR count). The highest BCUT2D eigenvalue weighted by Crippen LogP contribution is 2.15. The largest absolute Gasteiger partial charge is 0.550 e. The van der Waals surface area contributed by atoms with Crippen LogP contribution in [0.2, 0.25) is 0 Å². The monoisotopic (exact) mass is 292 g/mol. The van der Waals surface area contributed by atoms with Crippen LogP contribution in [0.4, 0.5) is 0 Å². The summed E-state index contributed by atoms with van der Waals surface area (Å²) in [6.07, 6.45) is -0.167. The second kappa shape index (κ2) is 7.08. The summed E-state index contributed by atoms with van der Waals surface area (Å²) in [5.74, 6) is -0.656.